The number of rotatable bonds is 6. The van der Waals surface area contributed by atoms with Gasteiger partial charge in [0.25, 0.3) is 0 Å². The average molecular weight is 252 g/mol. The summed E-state index contributed by atoms with van der Waals surface area (Å²) in [7, 11) is 0. The molecule has 4 N–H and O–H groups in total. The third-order valence-electron chi connectivity index (χ3n) is 3.98. The number of carbonyl (C=O) groups excluding carboxylic acids is 1. The van der Waals surface area contributed by atoms with E-state index in [1.54, 1.807) is 0 Å². The molecule has 0 spiro atoms. The van der Waals surface area contributed by atoms with E-state index in [1.165, 1.54) is 0 Å². The summed E-state index contributed by atoms with van der Waals surface area (Å²) < 4.78 is 0. The van der Waals surface area contributed by atoms with E-state index >= 15 is 0 Å². The summed E-state index contributed by atoms with van der Waals surface area (Å²) in [5.41, 5.74) is 5.38. The average Bonchev–Trinajstić information content (AvgIpc) is 2.94. The molecule has 4 atom stereocenters. The summed E-state index contributed by atoms with van der Waals surface area (Å²) in [5, 5.41) is 12.1. The van der Waals surface area contributed by atoms with Crippen molar-refractivity contribution < 1.29 is 14.7 Å². The van der Waals surface area contributed by atoms with Crippen molar-refractivity contribution in [3.63, 3.8) is 0 Å². The number of nitrogens with one attached hydrogen (secondary N) is 1. The number of fused-ring (bicyclic) bond motifs is 2. The molecule has 2 unspecified atom stereocenters. The van der Waals surface area contributed by atoms with Crippen molar-refractivity contribution in [3.05, 3.63) is 12.2 Å². The van der Waals surface area contributed by atoms with Crippen LogP contribution >= 0.6 is 0 Å². The number of carbonyl (C=O) groups is 2. The van der Waals surface area contributed by atoms with E-state index in [2.05, 4.69) is 5.32 Å². The van der Waals surface area contributed by atoms with Gasteiger partial charge < -0.3 is 16.2 Å². The summed E-state index contributed by atoms with van der Waals surface area (Å²) in [6.07, 6.45) is 6.46. The Kier molecular flexibility index (Phi) is 4.01. The van der Waals surface area contributed by atoms with E-state index in [-0.39, 0.29) is 17.7 Å². The van der Waals surface area contributed by atoms with E-state index < -0.39 is 17.8 Å². The van der Waals surface area contributed by atoms with Gasteiger partial charge in [0.05, 0.1) is 11.8 Å². The van der Waals surface area contributed by atoms with Crippen molar-refractivity contribution in [2.45, 2.75) is 19.3 Å². The Morgan fingerprint density at radius 3 is 2.50 bits per heavy atom. The second kappa shape index (κ2) is 5.52. The lowest BCUT2D eigenvalue weighted by Gasteiger charge is -2.23. The molecule has 5 heteroatoms. The van der Waals surface area contributed by atoms with Crippen LogP contribution in [0.3, 0.4) is 0 Å². The first-order chi connectivity index (χ1) is 8.65. The number of unbranched alkanes of at least 4 members (excludes halogenated alkanes) is 1. The highest BCUT2D eigenvalue weighted by molar-refractivity contribution is 5.86. The molecule has 0 aromatic rings. The van der Waals surface area contributed by atoms with Gasteiger partial charge in [-0.15, -0.1) is 0 Å². The summed E-state index contributed by atoms with van der Waals surface area (Å²) in [5.74, 6) is -1.77. The number of aliphatic carboxylic acids is 1. The Labute approximate surface area is 106 Å². The summed E-state index contributed by atoms with van der Waals surface area (Å²) in [6, 6.07) is 0. The van der Waals surface area contributed by atoms with Gasteiger partial charge in [0.1, 0.15) is 0 Å². The molecule has 0 aromatic heterocycles. The quantitative estimate of drug-likeness (QED) is 0.470. The number of carboxylic acid groups (broad SMARTS) is 1. The second-order valence-corrected chi connectivity index (χ2v) is 5.12. The fraction of sp³-hybridized carbons (Fsp3) is 0.692. The predicted molar refractivity (Wildman–Crippen MR) is 66.7 cm³/mol. The van der Waals surface area contributed by atoms with Crippen LogP contribution in [-0.4, -0.2) is 30.1 Å². The van der Waals surface area contributed by atoms with Crippen LogP contribution in [0.4, 0.5) is 0 Å². The molecule has 2 aliphatic carbocycles. The van der Waals surface area contributed by atoms with Gasteiger partial charge in [-0.05, 0) is 37.6 Å². The predicted octanol–water partition coefficient (Wildman–Crippen LogP) is 0.364. The Hall–Kier alpha value is -1.36. The minimum atomic E-state index is -0.853. The summed E-state index contributed by atoms with van der Waals surface area (Å²) >= 11 is 0. The number of amides is 1. The topological polar surface area (TPSA) is 92.4 Å². The van der Waals surface area contributed by atoms with Crippen LogP contribution < -0.4 is 11.1 Å². The molecule has 100 valence electrons. The molecule has 2 aliphatic rings. The molecule has 1 amide bonds. The van der Waals surface area contributed by atoms with Crippen LogP contribution in [0.25, 0.3) is 0 Å². The molecule has 5 nitrogen and oxygen atoms in total. The molecule has 0 saturated heterocycles. The monoisotopic (exact) mass is 252 g/mol. The molecule has 1 saturated carbocycles. The fourth-order valence-electron chi connectivity index (χ4n) is 3.12. The van der Waals surface area contributed by atoms with Gasteiger partial charge in [-0.25, -0.2) is 0 Å². The van der Waals surface area contributed by atoms with Crippen LogP contribution in [0.1, 0.15) is 19.3 Å². The minimum absolute atomic E-state index is 0.0345. The Morgan fingerprint density at radius 2 is 1.89 bits per heavy atom. The first-order valence-electron chi connectivity index (χ1n) is 6.54. The molecule has 0 heterocycles. The molecule has 2 bridgehead atoms. The lowest BCUT2D eigenvalue weighted by atomic mass is 9.82. The zero-order chi connectivity index (χ0) is 13.1. The van der Waals surface area contributed by atoms with Crippen molar-refractivity contribution in [1.29, 1.82) is 0 Å². The van der Waals surface area contributed by atoms with Gasteiger partial charge in [-0.1, -0.05) is 12.2 Å². The van der Waals surface area contributed by atoms with Crippen LogP contribution in [0, 0.1) is 23.7 Å². The standard InChI is InChI=1S/C13H20N2O3/c14-5-1-2-6-15-12(16)10-8-3-4-9(7-8)11(10)13(17)18/h3-4,8-11H,1-2,5-7,14H2,(H,15,16)(H,17,18)/t8?,9?,10-,11+/m0/s1. The van der Waals surface area contributed by atoms with Gasteiger partial charge in [-0.2, -0.15) is 0 Å². The Balaban J connectivity index is 1.92. The van der Waals surface area contributed by atoms with Gasteiger partial charge in [0.15, 0.2) is 0 Å². The van der Waals surface area contributed by atoms with Crippen molar-refractivity contribution in [3.8, 4) is 0 Å². The fourth-order valence-corrected chi connectivity index (χ4v) is 3.12. The number of allylic oxidation sites excluding steroid dienone is 2. The van der Waals surface area contributed by atoms with Crippen molar-refractivity contribution >= 4 is 11.9 Å². The van der Waals surface area contributed by atoms with Crippen molar-refractivity contribution in [2.24, 2.45) is 29.4 Å². The number of nitrogens with two attached hydrogens (primary N) is 1. The summed E-state index contributed by atoms with van der Waals surface area (Å²) in [4.78, 5) is 23.3. The smallest absolute Gasteiger partial charge is 0.307 e. The van der Waals surface area contributed by atoms with E-state index in [9.17, 15) is 14.7 Å². The number of carboxylic acids is 1. The first kappa shape index (κ1) is 13.1. The van der Waals surface area contributed by atoms with Crippen LogP contribution in [0.2, 0.25) is 0 Å². The van der Waals surface area contributed by atoms with E-state index in [4.69, 9.17) is 5.73 Å². The molecule has 1 fully saturated rings. The van der Waals surface area contributed by atoms with Crippen molar-refractivity contribution in [2.75, 3.05) is 13.1 Å². The van der Waals surface area contributed by atoms with Gasteiger partial charge >= 0.3 is 5.97 Å². The van der Waals surface area contributed by atoms with E-state index in [1.807, 2.05) is 12.2 Å². The van der Waals surface area contributed by atoms with Crippen LogP contribution in [0.15, 0.2) is 12.2 Å². The third kappa shape index (κ3) is 2.41. The number of hydrogen-bond acceptors (Lipinski definition) is 3. The number of hydrogen-bond donors (Lipinski definition) is 3. The highest BCUT2D eigenvalue weighted by atomic mass is 16.4. The zero-order valence-corrected chi connectivity index (χ0v) is 10.3. The highest BCUT2D eigenvalue weighted by Crippen LogP contribution is 2.48. The second-order valence-electron chi connectivity index (χ2n) is 5.12. The Morgan fingerprint density at radius 1 is 1.22 bits per heavy atom. The van der Waals surface area contributed by atoms with Crippen molar-refractivity contribution in [1.82, 2.24) is 5.32 Å². The van der Waals surface area contributed by atoms with Crippen LogP contribution in [-0.2, 0) is 9.59 Å². The highest BCUT2D eigenvalue weighted by Gasteiger charge is 2.51. The first-order valence-corrected chi connectivity index (χ1v) is 6.54. The molecule has 0 radical (unpaired) electrons. The maximum absolute atomic E-state index is 12.1. The molecular formula is C13H20N2O3. The van der Waals surface area contributed by atoms with Gasteiger partial charge in [-0.3, -0.25) is 9.59 Å². The molecule has 2 rings (SSSR count). The van der Waals surface area contributed by atoms with Crippen LogP contribution in [0.5, 0.6) is 0 Å². The SMILES string of the molecule is NCCCCNC(=O)[C@H]1C2C=CC(C2)[C@H]1C(=O)O. The molecular weight excluding hydrogens is 232 g/mol. The summed E-state index contributed by atoms with van der Waals surface area (Å²) in [6.45, 7) is 1.20. The lowest BCUT2D eigenvalue weighted by molar-refractivity contribution is -0.147. The maximum atomic E-state index is 12.1. The third-order valence-corrected chi connectivity index (χ3v) is 3.98. The van der Waals surface area contributed by atoms with E-state index in [0.29, 0.717) is 13.1 Å². The maximum Gasteiger partial charge on any atom is 0.307 e. The lowest BCUT2D eigenvalue weighted by Crippen LogP contribution is -2.40. The van der Waals surface area contributed by atoms with Gasteiger partial charge in [0, 0.05) is 6.54 Å². The molecule has 0 aliphatic heterocycles. The molecule has 18 heavy (non-hydrogen) atoms. The zero-order valence-electron chi connectivity index (χ0n) is 10.3. The Bertz CT molecular complexity index is 367. The largest absolute Gasteiger partial charge is 0.481 e. The molecule has 0 aromatic carbocycles. The normalized spacial score (nSPS) is 32.7. The minimum Gasteiger partial charge on any atom is -0.481 e. The van der Waals surface area contributed by atoms with E-state index in [0.717, 1.165) is 19.3 Å². The van der Waals surface area contributed by atoms with Gasteiger partial charge in [0.2, 0.25) is 5.91 Å².